The van der Waals surface area contributed by atoms with E-state index in [4.69, 9.17) is 43.4 Å². The van der Waals surface area contributed by atoms with Crippen molar-refractivity contribution in [1.82, 2.24) is 0 Å². The number of alkyl halides is 1. The lowest BCUT2D eigenvalue weighted by molar-refractivity contribution is -0.220. The van der Waals surface area contributed by atoms with Crippen LogP contribution in [0, 0.1) is 0 Å². The smallest absolute Gasteiger partial charge is 0.343 e. The maximum atomic E-state index is 11.9. The number of ether oxygens (including phenoxy) is 2. The normalized spacial score (nSPS) is 22.7. The predicted molar refractivity (Wildman–Crippen MR) is 69.1 cm³/mol. The summed E-state index contributed by atoms with van der Waals surface area (Å²) < 4.78 is 32.6. The zero-order valence-corrected chi connectivity index (χ0v) is 12.3. The molecule has 1 fully saturated rings. The molecule has 19 heavy (non-hydrogen) atoms. The molecule has 1 aromatic carbocycles. The summed E-state index contributed by atoms with van der Waals surface area (Å²) >= 11 is 11.5. The van der Waals surface area contributed by atoms with Crippen molar-refractivity contribution < 1.29 is 22.7 Å². The Morgan fingerprint density at radius 1 is 1.42 bits per heavy atom. The van der Waals surface area contributed by atoms with Crippen molar-refractivity contribution in [2.75, 3.05) is 6.61 Å². The van der Waals surface area contributed by atoms with Gasteiger partial charge in [-0.2, -0.15) is 0 Å². The quantitative estimate of drug-likeness (QED) is 0.478. The van der Waals surface area contributed by atoms with Gasteiger partial charge in [0.05, 0.1) is 23.6 Å². The molecule has 1 aliphatic heterocycles. The molecule has 1 unspecified atom stereocenters. The van der Waals surface area contributed by atoms with Crippen LogP contribution in [0.25, 0.3) is 0 Å². The largest absolute Gasteiger partial charge is 0.414 e. The molecule has 0 spiro atoms. The van der Waals surface area contributed by atoms with E-state index in [1.54, 1.807) is 0 Å². The van der Waals surface area contributed by atoms with Crippen LogP contribution >= 0.6 is 33.9 Å². The average Bonchev–Trinajstić information content (AvgIpc) is 2.24. The summed E-state index contributed by atoms with van der Waals surface area (Å²) in [5, 5.41) is -1.73. The zero-order valence-electron chi connectivity index (χ0n) is 9.23. The van der Waals surface area contributed by atoms with Gasteiger partial charge in [-0.05, 0) is 23.7 Å². The third kappa shape index (κ3) is 3.14. The minimum atomic E-state index is -4.20. The van der Waals surface area contributed by atoms with E-state index in [0.29, 0.717) is 13.0 Å². The maximum absolute atomic E-state index is 11.9. The van der Waals surface area contributed by atoms with E-state index in [9.17, 15) is 13.2 Å². The summed E-state index contributed by atoms with van der Waals surface area (Å²) in [6, 6.07) is 3.92. The molecule has 1 saturated heterocycles. The van der Waals surface area contributed by atoms with E-state index >= 15 is 0 Å². The van der Waals surface area contributed by atoms with Crippen LogP contribution in [0.3, 0.4) is 0 Å². The molecule has 104 valence electrons. The van der Waals surface area contributed by atoms with Gasteiger partial charge in [-0.3, -0.25) is 0 Å². The van der Waals surface area contributed by atoms with Gasteiger partial charge in [0.2, 0.25) is 0 Å². The molecular formula is C10H7Cl3O5S. The molecule has 5 nitrogen and oxygen atoms in total. The summed E-state index contributed by atoms with van der Waals surface area (Å²) in [6.07, 6.45) is 0.309. The Labute approximate surface area is 123 Å². The van der Waals surface area contributed by atoms with Crippen molar-refractivity contribution in [2.24, 2.45) is 0 Å². The van der Waals surface area contributed by atoms with Crippen molar-refractivity contribution >= 4 is 48.9 Å². The molecule has 1 heterocycles. The van der Waals surface area contributed by atoms with Gasteiger partial charge in [0.1, 0.15) is 4.90 Å². The molecule has 0 N–H and O–H groups in total. The van der Waals surface area contributed by atoms with Crippen LogP contribution in [0.4, 0.5) is 0 Å². The van der Waals surface area contributed by atoms with E-state index in [1.165, 1.54) is 18.2 Å². The Bertz CT molecular complexity index is 624. The highest BCUT2D eigenvalue weighted by molar-refractivity contribution is 8.13. The molecule has 1 atom stereocenters. The number of rotatable bonds is 3. The lowest BCUT2D eigenvalue weighted by Crippen LogP contribution is -2.42. The minimum absolute atomic E-state index is 0.178. The lowest BCUT2D eigenvalue weighted by atomic mass is 10.2. The second-order valence-electron chi connectivity index (χ2n) is 3.70. The zero-order chi connectivity index (χ0) is 14.3. The number of carbonyl (C=O) groups excluding carboxylic acids is 1. The van der Waals surface area contributed by atoms with Gasteiger partial charge in [0.25, 0.3) is 14.3 Å². The highest BCUT2D eigenvalue weighted by atomic mass is 35.7. The fraction of sp³-hybridized carbons (Fsp3) is 0.300. The van der Waals surface area contributed by atoms with Crippen LogP contribution in [0.2, 0.25) is 5.02 Å². The second kappa shape index (κ2) is 5.10. The topological polar surface area (TPSA) is 69.7 Å². The van der Waals surface area contributed by atoms with E-state index in [0.717, 1.165) is 0 Å². The third-order valence-electron chi connectivity index (χ3n) is 2.39. The molecule has 2 rings (SSSR count). The number of carbonyl (C=O) groups is 1. The molecule has 0 saturated carbocycles. The monoisotopic (exact) mass is 344 g/mol. The first kappa shape index (κ1) is 14.9. The Balaban J connectivity index is 2.40. The average molecular weight is 346 g/mol. The van der Waals surface area contributed by atoms with Crippen molar-refractivity contribution in [3.05, 3.63) is 28.8 Å². The van der Waals surface area contributed by atoms with Crippen LogP contribution < -0.4 is 0 Å². The third-order valence-corrected chi connectivity index (χ3v) is 4.59. The first-order valence-corrected chi connectivity index (χ1v) is 8.09. The van der Waals surface area contributed by atoms with Gasteiger partial charge < -0.3 is 9.47 Å². The van der Waals surface area contributed by atoms with Gasteiger partial charge in [-0.25, -0.2) is 13.2 Å². The highest BCUT2D eigenvalue weighted by Crippen LogP contribution is 2.35. The fourth-order valence-electron chi connectivity index (χ4n) is 1.45. The lowest BCUT2D eigenvalue weighted by Gasteiger charge is -2.34. The number of hydrogen-bond donors (Lipinski definition) is 0. The number of benzene rings is 1. The summed E-state index contributed by atoms with van der Waals surface area (Å²) in [5.41, 5.74) is -0.293. The molecular weight excluding hydrogens is 339 g/mol. The first-order chi connectivity index (χ1) is 8.73. The summed E-state index contributed by atoms with van der Waals surface area (Å²) in [5.74, 6) is -0.976. The van der Waals surface area contributed by atoms with Gasteiger partial charge >= 0.3 is 5.97 Å². The fourth-order valence-corrected chi connectivity index (χ4v) is 3.49. The Morgan fingerprint density at radius 2 is 2.05 bits per heavy atom. The summed E-state index contributed by atoms with van der Waals surface area (Å²) in [4.78, 5) is 11.4. The van der Waals surface area contributed by atoms with E-state index in [1.807, 2.05) is 0 Å². The van der Waals surface area contributed by atoms with Gasteiger partial charge in [-0.15, -0.1) is 0 Å². The molecule has 0 aromatic heterocycles. The minimum Gasteiger partial charge on any atom is -0.414 e. The SMILES string of the molecule is O=C(OC1(Cl)CCO1)c1cccc(Cl)c1S(=O)(=O)Cl. The molecule has 1 aliphatic rings. The molecule has 1 aromatic rings. The van der Waals surface area contributed by atoms with Crippen molar-refractivity contribution in [2.45, 2.75) is 16.6 Å². The standard InChI is InChI=1S/C10H7Cl3O5S/c11-7-3-1-2-6(8(7)19(13,15)16)9(14)18-10(12)4-5-17-10/h1-3H,4-5H2. The Morgan fingerprint density at radius 3 is 2.53 bits per heavy atom. The van der Waals surface area contributed by atoms with Gasteiger partial charge in [0.15, 0.2) is 0 Å². The second-order valence-corrected chi connectivity index (χ2v) is 7.19. The molecule has 9 heteroatoms. The van der Waals surface area contributed by atoms with Crippen LogP contribution in [0.5, 0.6) is 0 Å². The Hall–Kier alpha value is -0.530. The van der Waals surface area contributed by atoms with E-state index < -0.39 is 25.2 Å². The van der Waals surface area contributed by atoms with Gasteiger partial charge in [0, 0.05) is 10.7 Å². The molecule has 0 aliphatic carbocycles. The van der Waals surface area contributed by atoms with Crippen molar-refractivity contribution in [3.63, 3.8) is 0 Å². The van der Waals surface area contributed by atoms with Crippen LogP contribution in [0.15, 0.2) is 23.1 Å². The Kier molecular flexibility index (Phi) is 3.99. The van der Waals surface area contributed by atoms with Crippen LogP contribution in [-0.4, -0.2) is 26.2 Å². The van der Waals surface area contributed by atoms with Crippen molar-refractivity contribution in [3.8, 4) is 0 Å². The summed E-state index contributed by atoms with van der Waals surface area (Å²) in [6.45, 7) is 0.354. The highest BCUT2D eigenvalue weighted by Gasteiger charge is 2.41. The van der Waals surface area contributed by atoms with E-state index in [2.05, 4.69) is 0 Å². The summed E-state index contributed by atoms with van der Waals surface area (Å²) in [7, 11) is 1.05. The molecule has 0 radical (unpaired) electrons. The number of esters is 1. The number of halogens is 3. The van der Waals surface area contributed by atoms with E-state index in [-0.39, 0.29) is 10.6 Å². The maximum Gasteiger partial charge on any atom is 0.343 e. The first-order valence-electron chi connectivity index (χ1n) is 5.02. The molecule has 0 bridgehead atoms. The number of hydrogen-bond acceptors (Lipinski definition) is 5. The van der Waals surface area contributed by atoms with Crippen LogP contribution in [-0.2, 0) is 18.5 Å². The molecule has 0 amide bonds. The van der Waals surface area contributed by atoms with Crippen molar-refractivity contribution in [1.29, 1.82) is 0 Å². The van der Waals surface area contributed by atoms with Crippen LogP contribution in [0.1, 0.15) is 16.8 Å². The van der Waals surface area contributed by atoms with Gasteiger partial charge in [-0.1, -0.05) is 17.7 Å². The predicted octanol–water partition coefficient (Wildman–Crippen LogP) is 2.74.